The first-order chi connectivity index (χ1) is 15.8. The normalized spacial score (nSPS) is 16.8. The van der Waals surface area contributed by atoms with E-state index in [4.69, 9.17) is 17.0 Å². The Morgan fingerprint density at radius 2 is 1.73 bits per heavy atom. The van der Waals surface area contributed by atoms with Crippen molar-refractivity contribution in [1.29, 1.82) is 0 Å². The number of ether oxygens (including phenoxy) is 1. The van der Waals surface area contributed by atoms with Gasteiger partial charge in [0.2, 0.25) is 0 Å². The van der Waals surface area contributed by atoms with Gasteiger partial charge in [-0.3, -0.25) is 4.79 Å². The van der Waals surface area contributed by atoms with Crippen molar-refractivity contribution < 1.29 is 14.6 Å². The van der Waals surface area contributed by atoms with Gasteiger partial charge in [0.25, 0.3) is 0 Å². The predicted octanol–water partition coefficient (Wildman–Crippen LogP) is 6.21. The highest BCUT2D eigenvalue weighted by Crippen LogP contribution is 2.48. The number of hydrogen-bond acceptors (Lipinski definition) is 3. The van der Waals surface area contributed by atoms with Crippen molar-refractivity contribution in [2.24, 2.45) is 5.92 Å². The molecule has 170 valence electrons. The number of anilines is 1. The number of thiocarbonyl (C=S) groups is 1. The topological polar surface area (TPSA) is 58.6 Å². The summed E-state index contributed by atoms with van der Waals surface area (Å²) in [6, 6.07) is 20.5. The van der Waals surface area contributed by atoms with Gasteiger partial charge in [0.1, 0.15) is 10.7 Å². The molecule has 33 heavy (non-hydrogen) atoms. The smallest absolute Gasteiger partial charge is 0.307 e. The molecule has 4 rings (SSSR count). The van der Waals surface area contributed by atoms with Crippen molar-refractivity contribution in [3.63, 3.8) is 0 Å². The van der Waals surface area contributed by atoms with Gasteiger partial charge in [0, 0.05) is 17.7 Å². The molecule has 1 aliphatic rings. The lowest BCUT2D eigenvalue weighted by molar-refractivity contribution is -0.138. The minimum atomic E-state index is -0.720. The molecular weight excluding hydrogens is 430 g/mol. The molecule has 0 saturated heterocycles. The molecule has 0 amide bonds. The van der Waals surface area contributed by atoms with Gasteiger partial charge in [-0.15, -0.1) is 0 Å². The Morgan fingerprint density at radius 1 is 1.03 bits per heavy atom. The fraction of sp³-hybridized carbons (Fsp3) is 0.286. The number of carboxylic acid groups (broad SMARTS) is 1. The fourth-order valence-electron chi connectivity index (χ4n) is 4.32. The zero-order valence-corrected chi connectivity index (χ0v) is 20.0. The number of carboxylic acids is 1. The Kier molecular flexibility index (Phi) is 6.80. The summed E-state index contributed by atoms with van der Waals surface area (Å²) in [5.41, 5.74) is 7.42. The molecule has 3 aromatic rings. The van der Waals surface area contributed by atoms with Gasteiger partial charge in [0.05, 0.1) is 12.5 Å². The van der Waals surface area contributed by atoms with E-state index in [0.717, 1.165) is 45.7 Å². The third-order valence-electron chi connectivity index (χ3n) is 6.28. The molecule has 1 fully saturated rings. The highest BCUT2D eigenvalue weighted by atomic mass is 32.1. The van der Waals surface area contributed by atoms with Crippen LogP contribution in [-0.4, -0.2) is 22.7 Å². The summed E-state index contributed by atoms with van der Waals surface area (Å²) in [6.45, 7) is 6.74. The molecule has 1 aliphatic carbocycles. The molecule has 1 saturated carbocycles. The minimum Gasteiger partial charge on any atom is -0.493 e. The number of hydrogen-bond donors (Lipinski definition) is 2. The molecule has 0 aromatic heterocycles. The number of aryl methyl sites for hydroxylation is 3. The average molecular weight is 460 g/mol. The second-order valence-corrected chi connectivity index (χ2v) is 9.24. The van der Waals surface area contributed by atoms with Gasteiger partial charge >= 0.3 is 5.97 Å². The van der Waals surface area contributed by atoms with Crippen LogP contribution in [0.25, 0.3) is 0 Å². The second-order valence-electron chi connectivity index (χ2n) is 8.83. The maximum Gasteiger partial charge on any atom is 0.307 e. The van der Waals surface area contributed by atoms with E-state index in [-0.39, 0.29) is 11.8 Å². The summed E-state index contributed by atoms with van der Waals surface area (Å²) in [7, 11) is 0. The predicted molar refractivity (Wildman–Crippen MR) is 137 cm³/mol. The molecule has 0 aliphatic heterocycles. The average Bonchev–Trinajstić information content (AvgIpc) is 3.57. The van der Waals surface area contributed by atoms with Crippen molar-refractivity contribution in [3.8, 4) is 5.75 Å². The molecule has 0 unspecified atom stereocenters. The Labute approximate surface area is 200 Å². The van der Waals surface area contributed by atoms with Crippen LogP contribution < -0.4 is 10.1 Å². The maximum absolute atomic E-state index is 11.3. The van der Waals surface area contributed by atoms with Gasteiger partial charge < -0.3 is 15.2 Å². The van der Waals surface area contributed by atoms with E-state index >= 15 is 0 Å². The minimum absolute atomic E-state index is 0.0908. The van der Waals surface area contributed by atoms with Crippen LogP contribution in [0.4, 0.5) is 5.69 Å². The summed E-state index contributed by atoms with van der Waals surface area (Å²) < 4.78 is 6.01. The van der Waals surface area contributed by atoms with Gasteiger partial charge in [-0.2, -0.15) is 0 Å². The third kappa shape index (κ3) is 5.42. The van der Waals surface area contributed by atoms with Crippen molar-refractivity contribution in [1.82, 2.24) is 0 Å². The molecule has 4 nitrogen and oxygen atoms in total. The zero-order chi connectivity index (χ0) is 23.5. The number of rotatable bonds is 8. The lowest BCUT2D eigenvalue weighted by atomic mass is 10.0. The van der Waals surface area contributed by atoms with Crippen molar-refractivity contribution in [2.75, 3.05) is 11.9 Å². The third-order valence-corrected chi connectivity index (χ3v) is 6.59. The second kappa shape index (κ2) is 9.75. The monoisotopic (exact) mass is 459 g/mol. The van der Waals surface area contributed by atoms with Crippen LogP contribution in [0.5, 0.6) is 5.75 Å². The maximum atomic E-state index is 11.3. The molecule has 0 spiro atoms. The summed E-state index contributed by atoms with van der Waals surface area (Å²) in [6.07, 6.45) is 1.56. The van der Waals surface area contributed by atoms with E-state index < -0.39 is 5.97 Å². The van der Waals surface area contributed by atoms with Gasteiger partial charge in [-0.25, -0.2) is 0 Å². The lowest BCUT2D eigenvalue weighted by Crippen LogP contribution is -2.15. The number of carbonyl (C=O) groups is 1. The van der Waals surface area contributed by atoms with Crippen molar-refractivity contribution in [3.05, 3.63) is 94.0 Å². The van der Waals surface area contributed by atoms with Crippen LogP contribution in [0.1, 0.15) is 45.7 Å². The van der Waals surface area contributed by atoms with Crippen molar-refractivity contribution >= 4 is 28.9 Å². The van der Waals surface area contributed by atoms with E-state index in [1.54, 1.807) is 0 Å². The summed E-state index contributed by atoms with van der Waals surface area (Å²) in [5.74, 6) is -0.0542. The molecule has 0 heterocycles. The number of benzene rings is 3. The summed E-state index contributed by atoms with van der Waals surface area (Å²) in [5, 5.41) is 12.7. The first kappa shape index (κ1) is 23.0. The Morgan fingerprint density at radius 3 is 2.36 bits per heavy atom. The van der Waals surface area contributed by atoms with E-state index in [1.807, 2.05) is 69.3 Å². The van der Waals surface area contributed by atoms with Crippen LogP contribution in [0.3, 0.4) is 0 Å². The largest absolute Gasteiger partial charge is 0.493 e. The van der Waals surface area contributed by atoms with Crippen LogP contribution in [-0.2, 0) is 11.2 Å². The van der Waals surface area contributed by atoms with Gasteiger partial charge in [0.15, 0.2) is 0 Å². The zero-order valence-electron chi connectivity index (χ0n) is 19.2. The fourth-order valence-corrected chi connectivity index (χ4v) is 4.75. The lowest BCUT2D eigenvalue weighted by Gasteiger charge is -2.17. The van der Waals surface area contributed by atoms with E-state index in [1.165, 1.54) is 5.56 Å². The molecule has 0 radical (unpaired) electrons. The molecular formula is C28H29NO3S. The highest BCUT2D eigenvalue weighted by Gasteiger charge is 2.44. The summed E-state index contributed by atoms with van der Waals surface area (Å²) >= 11 is 5.78. The highest BCUT2D eigenvalue weighted by molar-refractivity contribution is 7.81. The molecule has 2 N–H and O–H groups in total. The molecule has 3 aromatic carbocycles. The van der Waals surface area contributed by atoms with E-state index in [0.29, 0.717) is 18.0 Å². The number of nitrogens with one attached hydrogen (secondary N) is 1. The van der Waals surface area contributed by atoms with Crippen LogP contribution >= 0.6 is 12.2 Å². The quantitative estimate of drug-likeness (QED) is 0.392. The first-order valence-electron chi connectivity index (χ1n) is 11.3. The Bertz CT molecular complexity index is 1170. The molecule has 0 bridgehead atoms. The van der Waals surface area contributed by atoms with E-state index in [2.05, 4.69) is 17.4 Å². The van der Waals surface area contributed by atoms with Crippen LogP contribution in [0.2, 0.25) is 0 Å². The first-order valence-corrected chi connectivity index (χ1v) is 11.7. The molecule has 2 atom stereocenters. The van der Waals surface area contributed by atoms with Crippen LogP contribution in [0.15, 0.2) is 60.7 Å². The standard InChI is InChI=1S/C28H29NO3S/c1-17-9-10-21(23-16-24(23)28(30)31)15-25(17)29-27(33)26-18(2)13-22(14-19(26)3)32-12-11-20-7-5-4-6-8-20/h4-10,13-15,23-24H,11-12,16H2,1-3H3,(H,29,33)(H,30,31)/t23-,24-/m1/s1. The Balaban J connectivity index is 1.44. The van der Waals surface area contributed by atoms with Gasteiger partial charge in [-0.05, 0) is 79.1 Å². The van der Waals surface area contributed by atoms with Crippen molar-refractivity contribution in [2.45, 2.75) is 39.5 Å². The Hall–Kier alpha value is -3.18. The molecule has 5 heteroatoms. The van der Waals surface area contributed by atoms with Gasteiger partial charge in [-0.1, -0.05) is 54.7 Å². The van der Waals surface area contributed by atoms with E-state index in [9.17, 15) is 9.90 Å². The SMILES string of the molecule is Cc1ccc([C@H]2C[C@H]2C(=O)O)cc1NC(=S)c1c(C)cc(OCCc2ccccc2)cc1C. The summed E-state index contributed by atoms with van der Waals surface area (Å²) in [4.78, 5) is 11.9. The number of aliphatic carboxylic acids is 1. The van der Waals surface area contributed by atoms with Crippen LogP contribution in [0, 0.1) is 26.7 Å².